The van der Waals surface area contributed by atoms with Gasteiger partial charge >= 0.3 is 0 Å². The maximum atomic E-state index is 12.8. The van der Waals surface area contributed by atoms with Crippen LogP contribution in [-0.4, -0.2) is 75.3 Å². The third-order valence-corrected chi connectivity index (χ3v) is 7.28. The number of hydrogen-bond acceptors (Lipinski definition) is 6. The van der Waals surface area contributed by atoms with Gasteiger partial charge in [-0.2, -0.15) is 0 Å². The molecule has 0 radical (unpaired) electrons. The maximum Gasteiger partial charge on any atom is 0.267 e. The molecule has 0 aliphatic carbocycles. The van der Waals surface area contributed by atoms with Crippen LogP contribution in [0.15, 0.2) is 53.4 Å². The summed E-state index contributed by atoms with van der Waals surface area (Å²) in [5, 5.41) is 0.505. The number of piperazine rings is 1. The second-order valence-electron chi connectivity index (χ2n) is 7.30. The second kappa shape index (κ2) is 8.83. The Morgan fingerprint density at radius 2 is 1.67 bits per heavy atom. The van der Waals surface area contributed by atoms with Crippen molar-refractivity contribution >= 4 is 27.3 Å². The number of carbonyl (C=O) groups excluding carboxylic acids is 1. The Labute approximate surface area is 181 Å². The van der Waals surface area contributed by atoms with Crippen molar-refractivity contribution in [3.05, 3.63) is 53.6 Å². The van der Waals surface area contributed by atoms with Crippen LogP contribution >= 0.6 is 11.6 Å². The molecular formula is C21H23ClN2O5S. The van der Waals surface area contributed by atoms with Crippen molar-refractivity contribution in [3.63, 3.8) is 0 Å². The van der Waals surface area contributed by atoms with E-state index in [2.05, 4.69) is 4.90 Å². The number of sulfone groups is 1. The van der Waals surface area contributed by atoms with E-state index in [4.69, 9.17) is 21.1 Å². The first-order valence-corrected chi connectivity index (χ1v) is 11.8. The van der Waals surface area contributed by atoms with Gasteiger partial charge < -0.3 is 14.4 Å². The summed E-state index contributed by atoms with van der Waals surface area (Å²) >= 11 is 5.83. The standard InChI is InChI=1S/C21H23ClN2O5S/c22-16-5-7-17(8-6-16)30(26,27)14-13-23-9-11-24(12-10-23)21(25)20-15-28-18-3-1-2-4-19(18)29-20/h1-8,20H,9-15H2/t20-/m0/s1. The average molecular weight is 451 g/mol. The van der Waals surface area contributed by atoms with Gasteiger partial charge in [0.15, 0.2) is 21.3 Å². The van der Waals surface area contributed by atoms with E-state index < -0.39 is 15.9 Å². The van der Waals surface area contributed by atoms with Crippen LogP contribution in [0.25, 0.3) is 0 Å². The molecular weight excluding hydrogens is 428 g/mol. The number of carbonyl (C=O) groups is 1. The van der Waals surface area contributed by atoms with Gasteiger partial charge in [0.2, 0.25) is 6.10 Å². The normalized spacial score (nSPS) is 19.5. The highest BCUT2D eigenvalue weighted by molar-refractivity contribution is 7.91. The summed E-state index contributed by atoms with van der Waals surface area (Å²) in [5.41, 5.74) is 0. The predicted octanol–water partition coefficient (Wildman–Crippen LogP) is 2.10. The first-order chi connectivity index (χ1) is 14.4. The lowest BCUT2D eigenvalue weighted by Gasteiger charge is -2.37. The van der Waals surface area contributed by atoms with E-state index in [0.717, 1.165) is 0 Å². The Kier molecular flexibility index (Phi) is 6.17. The van der Waals surface area contributed by atoms with Crippen LogP contribution in [-0.2, 0) is 14.6 Å². The van der Waals surface area contributed by atoms with Crippen LogP contribution in [0.2, 0.25) is 5.02 Å². The van der Waals surface area contributed by atoms with E-state index in [1.165, 1.54) is 12.1 Å². The highest BCUT2D eigenvalue weighted by Gasteiger charge is 2.32. The maximum absolute atomic E-state index is 12.8. The molecule has 2 aromatic carbocycles. The molecule has 1 saturated heterocycles. The number of amides is 1. The highest BCUT2D eigenvalue weighted by Crippen LogP contribution is 2.31. The summed E-state index contributed by atoms with van der Waals surface area (Å²) in [6, 6.07) is 13.5. The predicted molar refractivity (Wildman–Crippen MR) is 113 cm³/mol. The molecule has 0 N–H and O–H groups in total. The molecule has 1 atom stereocenters. The van der Waals surface area contributed by atoms with Crippen molar-refractivity contribution in [2.75, 3.05) is 45.1 Å². The first kappa shape index (κ1) is 21.0. The molecule has 1 amide bonds. The Balaban J connectivity index is 1.27. The summed E-state index contributed by atoms with van der Waals surface area (Å²) in [7, 11) is -3.37. The topological polar surface area (TPSA) is 76.2 Å². The molecule has 30 heavy (non-hydrogen) atoms. The zero-order valence-electron chi connectivity index (χ0n) is 16.4. The minimum atomic E-state index is -3.37. The molecule has 2 aromatic rings. The molecule has 2 heterocycles. The second-order valence-corrected chi connectivity index (χ2v) is 9.85. The number of para-hydroxylation sites is 2. The van der Waals surface area contributed by atoms with Gasteiger partial charge in [-0.3, -0.25) is 9.69 Å². The molecule has 2 aliphatic rings. The van der Waals surface area contributed by atoms with Gasteiger partial charge in [0.05, 0.1) is 10.6 Å². The van der Waals surface area contributed by atoms with E-state index in [1.54, 1.807) is 23.1 Å². The lowest BCUT2D eigenvalue weighted by atomic mass is 10.2. The summed E-state index contributed by atoms with van der Waals surface area (Å²) < 4.78 is 36.4. The van der Waals surface area contributed by atoms with Gasteiger partial charge in [-0.15, -0.1) is 0 Å². The Bertz CT molecular complexity index is 1000. The molecule has 0 bridgehead atoms. The minimum absolute atomic E-state index is 0.0267. The quantitative estimate of drug-likeness (QED) is 0.694. The molecule has 7 nitrogen and oxygen atoms in total. The van der Waals surface area contributed by atoms with E-state index in [-0.39, 0.29) is 23.2 Å². The van der Waals surface area contributed by atoms with Crippen molar-refractivity contribution < 1.29 is 22.7 Å². The summed E-state index contributed by atoms with van der Waals surface area (Å²) in [4.78, 5) is 16.9. The van der Waals surface area contributed by atoms with Gasteiger partial charge in [-0.1, -0.05) is 23.7 Å². The summed E-state index contributed by atoms with van der Waals surface area (Å²) in [5.74, 6) is 1.15. The van der Waals surface area contributed by atoms with Gasteiger partial charge in [-0.25, -0.2) is 8.42 Å². The van der Waals surface area contributed by atoms with Crippen LogP contribution < -0.4 is 9.47 Å². The number of ether oxygens (including phenoxy) is 2. The van der Waals surface area contributed by atoms with Crippen LogP contribution in [0.5, 0.6) is 11.5 Å². The average Bonchev–Trinajstić information content (AvgIpc) is 2.77. The van der Waals surface area contributed by atoms with E-state index >= 15 is 0 Å². The molecule has 0 saturated carbocycles. The fourth-order valence-electron chi connectivity index (χ4n) is 3.55. The number of hydrogen-bond donors (Lipinski definition) is 0. The molecule has 0 aromatic heterocycles. The number of rotatable bonds is 5. The number of benzene rings is 2. The Hall–Kier alpha value is -2.29. The number of fused-ring (bicyclic) bond motifs is 1. The number of nitrogens with zero attached hydrogens (tertiary/aromatic N) is 2. The summed E-state index contributed by atoms with van der Waals surface area (Å²) in [6.07, 6.45) is -0.656. The van der Waals surface area contributed by atoms with Crippen LogP contribution in [0, 0.1) is 0 Å². The zero-order chi connectivity index (χ0) is 21.1. The largest absolute Gasteiger partial charge is 0.485 e. The van der Waals surface area contributed by atoms with Crippen LogP contribution in [0.3, 0.4) is 0 Å². The van der Waals surface area contributed by atoms with Crippen molar-refractivity contribution in [1.82, 2.24) is 9.80 Å². The first-order valence-electron chi connectivity index (χ1n) is 9.80. The fraction of sp³-hybridized carbons (Fsp3) is 0.381. The molecule has 1 fully saturated rings. The minimum Gasteiger partial charge on any atom is -0.485 e. The molecule has 2 aliphatic heterocycles. The van der Waals surface area contributed by atoms with Crippen molar-refractivity contribution in [2.24, 2.45) is 0 Å². The zero-order valence-corrected chi connectivity index (χ0v) is 17.9. The molecule has 9 heteroatoms. The van der Waals surface area contributed by atoms with Crippen molar-refractivity contribution in [1.29, 1.82) is 0 Å². The lowest BCUT2D eigenvalue weighted by molar-refractivity contribution is -0.142. The van der Waals surface area contributed by atoms with Crippen molar-refractivity contribution in [3.8, 4) is 11.5 Å². The van der Waals surface area contributed by atoms with Crippen LogP contribution in [0.4, 0.5) is 0 Å². The third kappa shape index (κ3) is 4.71. The van der Waals surface area contributed by atoms with E-state index in [9.17, 15) is 13.2 Å². The fourth-order valence-corrected chi connectivity index (χ4v) is 4.96. The molecule has 0 spiro atoms. The van der Waals surface area contributed by atoms with Crippen LogP contribution in [0.1, 0.15) is 0 Å². The van der Waals surface area contributed by atoms with Gasteiger partial charge in [0.1, 0.15) is 6.61 Å². The monoisotopic (exact) mass is 450 g/mol. The Morgan fingerprint density at radius 3 is 2.37 bits per heavy atom. The third-order valence-electron chi connectivity index (χ3n) is 5.32. The van der Waals surface area contributed by atoms with Crippen molar-refractivity contribution in [2.45, 2.75) is 11.0 Å². The number of halogens is 1. The smallest absolute Gasteiger partial charge is 0.267 e. The van der Waals surface area contributed by atoms with Gasteiger partial charge in [-0.05, 0) is 36.4 Å². The lowest BCUT2D eigenvalue weighted by Crippen LogP contribution is -2.54. The Morgan fingerprint density at radius 1 is 1.00 bits per heavy atom. The molecule has 0 unspecified atom stereocenters. The highest BCUT2D eigenvalue weighted by atomic mass is 35.5. The van der Waals surface area contributed by atoms with Gasteiger partial charge in [0, 0.05) is 37.7 Å². The SMILES string of the molecule is O=C([C@@H]1COc2ccccc2O1)N1CCN(CCS(=O)(=O)c2ccc(Cl)cc2)CC1. The van der Waals surface area contributed by atoms with E-state index in [1.807, 2.05) is 18.2 Å². The van der Waals surface area contributed by atoms with E-state index in [0.29, 0.717) is 49.2 Å². The molecule has 160 valence electrons. The summed E-state index contributed by atoms with van der Waals surface area (Å²) in [6.45, 7) is 2.90. The van der Waals surface area contributed by atoms with Gasteiger partial charge in [0.25, 0.3) is 5.91 Å². The molecule has 4 rings (SSSR count).